The highest BCUT2D eigenvalue weighted by Crippen LogP contribution is 2.32. The van der Waals surface area contributed by atoms with E-state index >= 15 is 0 Å². The number of rotatable bonds is 5. The Morgan fingerprint density at radius 3 is 2.21 bits per heavy atom. The summed E-state index contributed by atoms with van der Waals surface area (Å²) in [7, 11) is 4.88. The average molecular weight is 380 g/mol. The van der Waals surface area contributed by atoms with E-state index in [-0.39, 0.29) is 7.43 Å². The van der Waals surface area contributed by atoms with Crippen molar-refractivity contribution in [2.24, 2.45) is 0 Å². The van der Waals surface area contributed by atoms with Crippen molar-refractivity contribution >= 4 is 5.69 Å². The Hall–Kier alpha value is -1.80. The SMILES string of the molecule is C.Cc1ccccc1N(CC[C@H]1CCCC[N+]1(C)C)C1Cc2ccccc2C1. The lowest BCUT2D eigenvalue weighted by Gasteiger charge is -2.43. The standard InChI is InChI=1S/C25H35N2.CH4/c1-20-10-4-7-14-25(20)26(16-15-24-13-8-9-17-27(24,2)3)23-18-21-11-5-6-12-22(21)19-23;/h4-7,10-12,14,23-24H,8-9,13,15-19H2,1-3H3;1H4/q+1;/t24-;/m1./s1. The summed E-state index contributed by atoms with van der Waals surface area (Å²) in [6.07, 6.45) is 7.86. The van der Waals surface area contributed by atoms with Crippen molar-refractivity contribution < 1.29 is 4.48 Å². The number of hydrogen-bond donors (Lipinski definition) is 0. The maximum absolute atomic E-state index is 2.74. The van der Waals surface area contributed by atoms with Gasteiger partial charge in [-0.25, -0.2) is 0 Å². The van der Waals surface area contributed by atoms with Gasteiger partial charge in [-0.2, -0.15) is 0 Å². The van der Waals surface area contributed by atoms with Gasteiger partial charge in [0.05, 0.1) is 26.7 Å². The summed E-state index contributed by atoms with van der Waals surface area (Å²) in [6, 6.07) is 19.4. The Morgan fingerprint density at radius 1 is 0.929 bits per heavy atom. The molecule has 0 N–H and O–H groups in total. The van der Waals surface area contributed by atoms with Crippen molar-refractivity contribution in [3.05, 3.63) is 65.2 Å². The van der Waals surface area contributed by atoms with Gasteiger partial charge in [0.1, 0.15) is 0 Å². The molecule has 0 radical (unpaired) electrons. The highest BCUT2D eigenvalue weighted by molar-refractivity contribution is 5.55. The van der Waals surface area contributed by atoms with Gasteiger partial charge in [-0.1, -0.05) is 49.9 Å². The van der Waals surface area contributed by atoms with Crippen LogP contribution in [0.5, 0.6) is 0 Å². The van der Waals surface area contributed by atoms with E-state index in [2.05, 4.69) is 74.4 Å². The van der Waals surface area contributed by atoms with Gasteiger partial charge in [0, 0.05) is 24.7 Å². The maximum atomic E-state index is 2.74. The van der Waals surface area contributed by atoms with Crippen molar-refractivity contribution in [3.63, 3.8) is 0 Å². The van der Waals surface area contributed by atoms with Crippen LogP contribution in [0.15, 0.2) is 48.5 Å². The molecule has 2 nitrogen and oxygen atoms in total. The van der Waals surface area contributed by atoms with Crippen molar-refractivity contribution in [2.45, 2.75) is 65.0 Å². The third-order valence-corrected chi connectivity index (χ3v) is 7.11. The minimum atomic E-state index is 0. The average Bonchev–Trinajstić information content (AvgIpc) is 3.08. The maximum Gasteiger partial charge on any atom is 0.0903 e. The highest BCUT2D eigenvalue weighted by atomic mass is 15.3. The zero-order valence-corrected chi connectivity index (χ0v) is 17.3. The summed E-state index contributed by atoms with van der Waals surface area (Å²) in [4.78, 5) is 2.74. The van der Waals surface area contributed by atoms with Gasteiger partial charge < -0.3 is 9.38 Å². The molecular weight excluding hydrogens is 340 g/mol. The van der Waals surface area contributed by atoms with E-state index < -0.39 is 0 Å². The van der Waals surface area contributed by atoms with E-state index in [9.17, 15) is 0 Å². The Balaban J connectivity index is 0.00000225. The first-order valence-corrected chi connectivity index (χ1v) is 10.8. The summed E-state index contributed by atoms with van der Waals surface area (Å²) in [5.74, 6) is 0. The molecule has 2 aromatic carbocycles. The van der Waals surface area contributed by atoms with Gasteiger partial charge in [0.2, 0.25) is 0 Å². The van der Waals surface area contributed by atoms with Gasteiger partial charge in [-0.15, -0.1) is 0 Å². The predicted octanol–water partition coefficient (Wildman–Crippen LogP) is 5.62. The third-order valence-electron chi connectivity index (χ3n) is 7.11. The van der Waals surface area contributed by atoms with Crippen LogP contribution in [0, 0.1) is 6.92 Å². The summed E-state index contributed by atoms with van der Waals surface area (Å²) in [6.45, 7) is 4.78. The molecule has 0 amide bonds. The first-order valence-electron chi connectivity index (χ1n) is 10.8. The van der Waals surface area contributed by atoms with Crippen LogP contribution in [0.1, 0.15) is 49.8 Å². The van der Waals surface area contributed by atoms with Crippen molar-refractivity contribution in [2.75, 3.05) is 32.1 Å². The number of likely N-dealkylation sites (tertiary alicyclic amines) is 1. The van der Waals surface area contributed by atoms with Crippen LogP contribution in [0.25, 0.3) is 0 Å². The van der Waals surface area contributed by atoms with E-state index in [4.69, 9.17) is 0 Å². The Bertz CT molecular complexity index is 755. The summed E-state index contributed by atoms with van der Waals surface area (Å²) < 4.78 is 1.20. The molecule has 2 heteroatoms. The molecule has 0 unspecified atom stereocenters. The molecule has 1 aliphatic carbocycles. The van der Waals surface area contributed by atoms with Gasteiger partial charge >= 0.3 is 0 Å². The fourth-order valence-electron chi connectivity index (χ4n) is 5.35. The van der Waals surface area contributed by atoms with Crippen molar-refractivity contribution in [3.8, 4) is 0 Å². The molecule has 1 heterocycles. The molecule has 1 saturated heterocycles. The summed E-state index contributed by atoms with van der Waals surface area (Å²) >= 11 is 0. The van der Waals surface area contributed by atoms with Gasteiger partial charge in [-0.3, -0.25) is 0 Å². The number of aryl methyl sites for hydroxylation is 1. The highest BCUT2D eigenvalue weighted by Gasteiger charge is 2.33. The second-order valence-corrected chi connectivity index (χ2v) is 9.25. The van der Waals surface area contributed by atoms with Crippen molar-refractivity contribution in [1.82, 2.24) is 0 Å². The van der Waals surface area contributed by atoms with E-state index in [1.54, 1.807) is 11.1 Å². The molecule has 4 rings (SSSR count). The number of fused-ring (bicyclic) bond motifs is 1. The van der Waals surface area contributed by atoms with Crippen LogP contribution in [0.3, 0.4) is 0 Å². The molecule has 1 aliphatic heterocycles. The lowest BCUT2D eigenvalue weighted by molar-refractivity contribution is -0.920. The number of benzene rings is 2. The molecular formula is C26H39N2+. The molecule has 0 bridgehead atoms. The number of quaternary nitrogens is 1. The lowest BCUT2D eigenvalue weighted by Crippen LogP contribution is -2.53. The number of piperidine rings is 1. The number of nitrogens with zero attached hydrogens (tertiary/aromatic N) is 2. The minimum Gasteiger partial charge on any atom is -0.367 e. The lowest BCUT2D eigenvalue weighted by atomic mass is 9.96. The normalized spacial score (nSPS) is 21.0. The molecule has 2 aromatic rings. The van der Waals surface area contributed by atoms with Crippen LogP contribution in [0.2, 0.25) is 0 Å². The Labute approximate surface area is 172 Å². The number of hydrogen-bond acceptors (Lipinski definition) is 1. The van der Waals surface area contributed by atoms with Gasteiger partial charge in [-0.05, 0) is 61.8 Å². The van der Waals surface area contributed by atoms with E-state index in [0.717, 1.165) is 6.04 Å². The van der Waals surface area contributed by atoms with Gasteiger partial charge in [0.25, 0.3) is 0 Å². The smallest absolute Gasteiger partial charge is 0.0903 e. The molecule has 2 aliphatic rings. The van der Waals surface area contributed by atoms with E-state index in [0.29, 0.717) is 6.04 Å². The minimum absolute atomic E-state index is 0. The molecule has 28 heavy (non-hydrogen) atoms. The zero-order valence-electron chi connectivity index (χ0n) is 17.3. The van der Waals surface area contributed by atoms with Crippen LogP contribution >= 0.6 is 0 Å². The third kappa shape index (κ3) is 4.27. The summed E-state index contributed by atoms with van der Waals surface area (Å²) in [5.41, 5.74) is 5.95. The second-order valence-electron chi connectivity index (χ2n) is 9.25. The summed E-state index contributed by atoms with van der Waals surface area (Å²) in [5, 5.41) is 0. The fourth-order valence-corrected chi connectivity index (χ4v) is 5.35. The van der Waals surface area contributed by atoms with E-state index in [1.165, 1.54) is 67.3 Å². The molecule has 0 spiro atoms. The van der Waals surface area contributed by atoms with Crippen molar-refractivity contribution in [1.29, 1.82) is 0 Å². The molecule has 1 atom stereocenters. The quantitative estimate of drug-likeness (QED) is 0.609. The fraction of sp³-hybridized carbons (Fsp3) is 0.538. The molecule has 0 saturated carbocycles. The topological polar surface area (TPSA) is 3.24 Å². The molecule has 152 valence electrons. The zero-order chi connectivity index (χ0) is 18.9. The van der Waals surface area contributed by atoms with E-state index in [1.807, 2.05) is 0 Å². The van der Waals surface area contributed by atoms with Gasteiger partial charge in [0.15, 0.2) is 0 Å². The monoisotopic (exact) mass is 379 g/mol. The Morgan fingerprint density at radius 2 is 1.57 bits per heavy atom. The first kappa shape index (κ1) is 20.9. The molecule has 0 aromatic heterocycles. The van der Waals surface area contributed by atoms with Crippen LogP contribution in [0.4, 0.5) is 5.69 Å². The Kier molecular flexibility index (Phi) is 6.50. The second kappa shape index (κ2) is 8.69. The first-order chi connectivity index (χ1) is 13.0. The molecule has 1 fully saturated rings. The largest absolute Gasteiger partial charge is 0.367 e. The van der Waals surface area contributed by atoms with Crippen LogP contribution in [-0.2, 0) is 12.8 Å². The number of para-hydroxylation sites is 1. The number of anilines is 1. The predicted molar refractivity (Wildman–Crippen MR) is 122 cm³/mol. The van der Waals surface area contributed by atoms with Crippen LogP contribution < -0.4 is 4.90 Å². The van der Waals surface area contributed by atoms with Crippen LogP contribution in [-0.4, -0.2) is 43.8 Å².